The molecule has 0 spiro atoms. The molecule has 2 N–H and O–H groups in total. The van der Waals surface area contributed by atoms with E-state index in [1.807, 2.05) is 0 Å². The fraction of sp³-hybridized carbons (Fsp3) is 0.875. The van der Waals surface area contributed by atoms with Gasteiger partial charge in [-0.25, -0.2) is 4.79 Å². The minimum atomic E-state index is -0.146. The van der Waals surface area contributed by atoms with Gasteiger partial charge in [-0.3, -0.25) is 0 Å². The van der Waals surface area contributed by atoms with Gasteiger partial charge >= 0.3 is 6.03 Å². The highest BCUT2D eigenvalue weighted by atomic mass is 16.5. The van der Waals surface area contributed by atoms with Crippen LogP contribution < -0.4 is 10.6 Å². The van der Waals surface area contributed by atoms with Crippen molar-refractivity contribution in [3.63, 3.8) is 0 Å². The molecule has 0 radical (unpaired) electrons. The number of hydrogen-bond acceptors (Lipinski definition) is 3. The lowest BCUT2D eigenvalue weighted by Gasteiger charge is -2.11. The van der Waals surface area contributed by atoms with Crippen molar-refractivity contribution < 1.29 is 14.3 Å². The Bertz CT molecular complexity index is 157. The summed E-state index contributed by atoms with van der Waals surface area (Å²) in [7, 11) is 1.60. The first-order valence-corrected chi connectivity index (χ1v) is 4.44. The molecule has 0 aromatic carbocycles. The minimum Gasteiger partial charge on any atom is -0.383 e. The second-order valence-corrected chi connectivity index (χ2v) is 2.95. The summed E-state index contributed by atoms with van der Waals surface area (Å²) >= 11 is 0. The topological polar surface area (TPSA) is 59.6 Å². The van der Waals surface area contributed by atoms with Crippen molar-refractivity contribution in [3.8, 4) is 0 Å². The van der Waals surface area contributed by atoms with E-state index in [0.717, 1.165) is 13.0 Å². The third kappa shape index (κ3) is 4.10. The van der Waals surface area contributed by atoms with Crippen molar-refractivity contribution in [3.05, 3.63) is 0 Å². The molecule has 1 rings (SSSR count). The van der Waals surface area contributed by atoms with Gasteiger partial charge in [-0.1, -0.05) is 0 Å². The maximum Gasteiger partial charge on any atom is 0.315 e. The average Bonchev–Trinajstić information content (AvgIpc) is 2.57. The SMILES string of the molecule is COCCNC(=O)NC1CCOC1. The van der Waals surface area contributed by atoms with Crippen molar-refractivity contribution in [2.24, 2.45) is 0 Å². The molecule has 1 aliphatic rings. The van der Waals surface area contributed by atoms with Crippen LogP contribution in [-0.2, 0) is 9.47 Å². The summed E-state index contributed by atoms with van der Waals surface area (Å²) in [6.45, 7) is 2.44. The third-order valence-corrected chi connectivity index (χ3v) is 1.86. The number of amides is 2. The molecule has 5 nitrogen and oxygen atoms in total. The zero-order valence-electron chi connectivity index (χ0n) is 7.84. The molecule has 1 atom stereocenters. The van der Waals surface area contributed by atoms with Crippen molar-refractivity contribution in [1.29, 1.82) is 0 Å². The molecule has 2 amide bonds. The first-order valence-electron chi connectivity index (χ1n) is 4.44. The van der Waals surface area contributed by atoms with Crippen LogP contribution in [0, 0.1) is 0 Å². The summed E-state index contributed by atoms with van der Waals surface area (Å²) < 4.78 is 9.91. The molecule has 1 aliphatic heterocycles. The highest BCUT2D eigenvalue weighted by molar-refractivity contribution is 5.74. The molecular weight excluding hydrogens is 172 g/mol. The van der Waals surface area contributed by atoms with Crippen molar-refractivity contribution in [2.75, 3.05) is 33.5 Å². The molecule has 0 saturated carbocycles. The molecule has 0 bridgehead atoms. The zero-order chi connectivity index (χ0) is 9.52. The summed E-state index contributed by atoms with van der Waals surface area (Å²) in [6.07, 6.45) is 0.900. The van der Waals surface area contributed by atoms with E-state index < -0.39 is 0 Å². The van der Waals surface area contributed by atoms with Crippen LogP contribution in [-0.4, -0.2) is 45.5 Å². The molecule has 1 heterocycles. The number of carbonyl (C=O) groups is 1. The second kappa shape index (κ2) is 5.77. The van der Waals surface area contributed by atoms with Gasteiger partial charge in [-0.2, -0.15) is 0 Å². The van der Waals surface area contributed by atoms with Crippen LogP contribution in [0.2, 0.25) is 0 Å². The molecule has 13 heavy (non-hydrogen) atoms. The maximum absolute atomic E-state index is 11.1. The number of ether oxygens (including phenoxy) is 2. The van der Waals surface area contributed by atoms with Crippen LogP contribution in [0.15, 0.2) is 0 Å². The van der Waals surface area contributed by atoms with Gasteiger partial charge in [0.1, 0.15) is 0 Å². The normalized spacial score (nSPS) is 21.5. The molecule has 76 valence electrons. The molecule has 1 unspecified atom stereocenters. The quantitative estimate of drug-likeness (QED) is 0.597. The van der Waals surface area contributed by atoms with E-state index in [0.29, 0.717) is 19.8 Å². The Hall–Kier alpha value is -0.810. The predicted octanol–water partition coefficient (Wildman–Crippen LogP) is -0.279. The Morgan fingerprint density at radius 3 is 3.15 bits per heavy atom. The van der Waals surface area contributed by atoms with Gasteiger partial charge in [0, 0.05) is 20.3 Å². The molecule has 0 aromatic heterocycles. The monoisotopic (exact) mass is 188 g/mol. The molecule has 0 aromatic rings. The van der Waals surface area contributed by atoms with Crippen molar-refractivity contribution in [1.82, 2.24) is 10.6 Å². The molecule has 0 aliphatic carbocycles. The molecule has 5 heteroatoms. The van der Waals surface area contributed by atoms with Crippen molar-refractivity contribution in [2.45, 2.75) is 12.5 Å². The van der Waals surface area contributed by atoms with Gasteiger partial charge in [0.2, 0.25) is 0 Å². The van der Waals surface area contributed by atoms with Gasteiger partial charge in [0.25, 0.3) is 0 Å². The lowest BCUT2D eigenvalue weighted by Crippen LogP contribution is -2.43. The predicted molar refractivity (Wildman–Crippen MR) is 47.6 cm³/mol. The van der Waals surface area contributed by atoms with Crippen LogP contribution in [0.5, 0.6) is 0 Å². The Labute approximate surface area is 77.8 Å². The van der Waals surface area contributed by atoms with Gasteiger partial charge in [-0.15, -0.1) is 0 Å². The maximum atomic E-state index is 11.1. The van der Waals surface area contributed by atoms with E-state index in [4.69, 9.17) is 9.47 Å². The minimum absolute atomic E-state index is 0.146. The Morgan fingerprint density at radius 2 is 2.54 bits per heavy atom. The average molecular weight is 188 g/mol. The lowest BCUT2D eigenvalue weighted by atomic mass is 10.3. The van der Waals surface area contributed by atoms with E-state index in [9.17, 15) is 4.79 Å². The van der Waals surface area contributed by atoms with Crippen molar-refractivity contribution >= 4 is 6.03 Å². The summed E-state index contributed by atoms with van der Waals surface area (Å²) in [5.74, 6) is 0. The van der Waals surface area contributed by atoms with Gasteiger partial charge in [0.15, 0.2) is 0 Å². The van der Waals surface area contributed by atoms with E-state index in [-0.39, 0.29) is 12.1 Å². The van der Waals surface area contributed by atoms with E-state index in [2.05, 4.69) is 10.6 Å². The first kappa shape index (κ1) is 10.3. The van der Waals surface area contributed by atoms with E-state index in [1.54, 1.807) is 7.11 Å². The van der Waals surface area contributed by atoms with Crippen LogP contribution in [0.25, 0.3) is 0 Å². The summed E-state index contributed by atoms with van der Waals surface area (Å²) in [5.41, 5.74) is 0. The van der Waals surface area contributed by atoms with Crippen LogP contribution >= 0.6 is 0 Å². The molecular formula is C8H16N2O3. The third-order valence-electron chi connectivity index (χ3n) is 1.86. The standard InChI is InChI=1S/C8H16N2O3/c1-12-5-3-9-8(11)10-7-2-4-13-6-7/h7H,2-6H2,1H3,(H2,9,10,11). The van der Waals surface area contributed by atoms with Crippen LogP contribution in [0.4, 0.5) is 4.79 Å². The lowest BCUT2D eigenvalue weighted by molar-refractivity contribution is 0.185. The van der Waals surface area contributed by atoms with Gasteiger partial charge in [-0.05, 0) is 6.42 Å². The summed E-state index contributed by atoms with van der Waals surface area (Å²) in [6, 6.07) is 0.0232. The Balaban J connectivity index is 2.02. The number of carbonyl (C=O) groups excluding carboxylic acids is 1. The second-order valence-electron chi connectivity index (χ2n) is 2.95. The molecule has 1 saturated heterocycles. The number of nitrogens with one attached hydrogen (secondary N) is 2. The molecule has 1 fully saturated rings. The first-order chi connectivity index (χ1) is 6.33. The van der Waals surface area contributed by atoms with Crippen LogP contribution in [0.3, 0.4) is 0 Å². The van der Waals surface area contributed by atoms with Gasteiger partial charge < -0.3 is 20.1 Å². The number of hydrogen-bond donors (Lipinski definition) is 2. The van der Waals surface area contributed by atoms with Gasteiger partial charge in [0.05, 0.1) is 19.3 Å². The largest absolute Gasteiger partial charge is 0.383 e. The zero-order valence-corrected chi connectivity index (χ0v) is 7.84. The fourth-order valence-corrected chi connectivity index (χ4v) is 1.15. The smallest absolute Gasteiger partial charge is 0.315 e. The Morgan fingerprint density at radius 1 is 1.69 bits per heavy atom. The number of rotatable bonds is 4. The number of urea groups is 1. The van der Waals surface area contributed by atoms with Crippen LogP contribution in [0.1, 0.15) is 6.42 Å². The summed E-state index contributed by atoms with van der Waals surface area (Å²) in [5, 5.41) is 5.49. The Kier molecular flexibility index (Phi) is 4.56. The fourth-order valence-electron chi connectivity index (χ4n) is 1.15. The number of methoxy groups -OCH3 is 1. The highest BCUT2D eigenvalue weighted by Gasteiger charge is 2.16. The van der Waals surface area contributed by atoms with E-state index in [1.165, 1.54) is 0 Å². The highest BCUT2D eigenvalue weighted by Crippen LogP contribution is 2.02. The van der Waals surface area contributed by atoms with E-state index >= 15 is 0 Å². The summed E-state index contributed by atoms with van der Waals surface area (Å²) in [4.78, 5) is 11.1.